The summed E-state index contributed by atoms with van der Waals surface area (Å²) in [5.74, 6) is 0. The van der Waals surface area contributed by atoms with E-state index in [1.54, 1.807) is 0 Å². The number of hydrogen-bond donors (Lipinski definition) is 0. The quantitative estimate of drug-likeness (QED) is 0.468. The van der Waals surface area contributed by atoms with Crippen molar-refractivity contribution >= 4 is 40.3 Å². The van der Waals surface area contributed by atoms with Crippen LogP contribution in [-0.4, -0.2) is 0 Å². The fraction of sp³-hybridized carbons (Fsp3) is 0.500. The summed E-state index contributed by atoms with van der Waals surface area (Å²) in [7, 11) is 0. The number of rotatable bonds is 0. The van der Waals surface area contributed by atoms with Gasteiger partial charge in [0.25, 0.3) is 0 Å². The van der Waals surface area contributed by atoms with Crippen molar-refractivity contribution in [1.82, 2.24) is 0 Å². The molecule has 0 amide bonds. The lowest BCUT2D eigenvalue weighted by molar-refractivity contribution is 0.603. The van der Waals surface area contributed by atoms with Gasteiger partial charge >= 0.3 is 0 Å². The van der Waals surface area contributed by atoms with E-state index >= 15 is 0 Å². The topological polar surface area (TPSA) is 24.7 Å². The Morgan fingerprint density at radius 3 is 2.00 bits per heavy atom. The van der Waals surface area contributed by atoms with Crippen LogP contribution >= 0.6 is 34.6 Å². The van der Waals surface area contributed by atoms with Crippen molar-refractivity contribution in [1.29, 1.82) is 0 Å². The van der Waals surface area contributed by atoms with Gasteiger partial charge in [0.15, 0.2) is 0 Å². The summed E-state index contributed by atoms with van der Waals surface area (Å²) in [6.45, 7) is 13.5. The summed E-state index contributed by atoms with van der Waals surface area (Å²) in [5, 5.41) is 4.40. The predicted molar refractivity (Wildman–Crippen MR) is 95.4 cm³/mol. The van der Waals surface area contributed by atoms with Crippen LogP contribution in [-0.2, 0) is 10.8 Å². The van der Waals surface area contributed by atoms with Crippen LogP contribution in [0.3, 0.4) is 0 Å². The molecule has 2 aromatic rings. The van der Waals surface area contributed by atoms with Crippen LogP contribution in [0.1, 0.15) is 51.3 Å². The summed E-state index contributed by atoms with van der Waals surface area (Å²) in [4.78, 5) is 6.65. The van der Waals surface area contributed by atoms with Crippen molar-refractivity contribution in [3.8, 4) is 9.75 Å². The van der Waals surface area contributed by atoms with Gasteiger partial charge in [-0.3, -0.25) is 0 Å². The molecule has 0 saturated heterocycles. The first-order chi connectivity index (χ1) is 9.66. The molecule has 0 fully saturated rings. The van der Waals surface area contributed by atoms with Gasteiger partial charge in [0.1, 0.15) is 5.69 Å². The Kier molecular flexibility index (Phi) is 3.58. The fourth-order valence-electron chi connectivity index (χ4n) is 2.07. The third-order valence-electron chi connectivity index (χ3n) is 3.38. The van der Waals surface area contributed by atoms with Gasteiger partial charge in [0.05, 0.1) is 14.6 Å². The molecule has 3 rings (SSSR count). The zero-order valence-electron chi connectivity index (χ0n) is 13.3. The van der Waals surface area contributed by atoms with Crippen molar-refractivity contribution in [2.24, 2.45) is 9.63 Å². The fourth-order valence-corrected chi connectivity index (χ4v) is 5.43. The molecule has 21 heavy (non-hydrogen) atoms. The predicted octanol–water partition coefficient (Wildman–Crippen LogP) is 7.18. The first-order valence-electron chi connectivity index (χ1n) is 7.03. The largest absolute Gasteiger partial charge is 0.142 e. The summed E-state index contributed by atoms with van der Waals surface area (Å²) >= 11 is 5.25. The van der Waals surface area contributed by atoms with Crippen LogP contribution in [0.5, 0.6) is 0 Å². The lowest BCUT2D eigenvalue weighted by Crippen LogP contribution is -2.07. The Labute approximate surface area is 138 Å². The Morgan fingerprint density at radius 1 is 0.810 bits per heavy atom. The maximum absolute atomic E-state index is 4.40. The monoisotopic (exact) mass is 336 g/mol. The third-order valence-corrected chi connectivity index (χ3v) is 7.47. The van der Waals surface area contributed by atoms with E-state index in [9.17, 15) is 0 Å². The summed E-state index contributed by atoms with van der Waals surface area (Å²) in [6, 6.07) is 4.49. The van der Waals surface area contributed by atoms with Gasteiger partial charge in [-0.1, -0.05) is 41.5 Å². The van der Waals surface area contributed by atoms with Crippen LogP contribution in [0.2, 0.25) is 0 Å². The molecule has 0 aliphatic carbocycles. The van der Waals surface area contributed by atoms with Crippen molar-refractivity contribution in [2.75, 3.05) is 0 Å². The highest BCUT2D eigenvalue weighted by molar-refractivity contribution is 7.98. The molecular formula is C16H20N2S3. The SMILES string of the molecule is CC(C)(C)c1cc2c(s1)-c1sc(C(C)(C)C)cc1SN=N2. The second-order valence-electron chi connectivity index (χ2n) is 7.40. The van der Waals surface area contributed by atoms with Gasteiger partial charge in [-0.25, -0.2) is 0 Å². The van der Waals surface area contributed by atoms with E-state index in [-0.39, 0.29) is 10.8 Å². The second kappa shape index (κ2) is 4.93. The molecule has 1 aliphatic heterocycles. The van der Waals surface area contributed by atoms with Crippen molar-refractivity contribution in [3.05, 3.63) is 21.9 Å². The van der Waals surface area contributed by atoms with E-state index in [0.717, 1.165) is 5.69 Å². The molecule has 0 unspecified atom stereocenters. The van der Waals surface area contributed by atoms with Crippen LogP contribution in [0.4, 0.5) is 5.69 Å². The van der Waals surface area contributed by atoms with Gasteiger partial charge in [-0.05, 0) is 23.0 Å². The Balaban J connectivity index is 2.17. The van der Waals surface area contributed by atoms with Gasteiger partial charge in [-0.2, -0.15) is 0 Å². The third kappa shape index (κ3) is 2.83. The van der Waals surface area contributed by atoms with Crippen LogP contribution in [0, 0.1) is 0 Å². The van der Waals surface area contributed by atoms with Crippen LogP contribution < -0.4 is 0 Å². The average Bonchev–Trinajstić information content (AvgIpc) is 2.89. The van der Waals surface area contributed by atoms with E-state index < -0.39 is 0 Å². The molecule has 2 nitrogen and oxygen atoms in total. The van der Waals surface area contributed by atoms with Crippen LogP contribution in [0.25, 0.3) is 9.75 Å². The summed E-state index contributed by atoms with van der Waals surface area (Å²) in [5.41, 5.74) is 1.36. The van der Waals surface area contributed by atoms with Gasteiger partial charge in [0.2, 0.25) is 0 Å². The molecule has 0 saturated carbocycles. The van der Waals surface area contributed by atoms with E-state index in [1.165, 1.54) is 36.4 Å². The lowest BCUT2D eigenvalue weighted by Gasteiger charge is -2.15. The normalized spacial score (nSPS) is 14.8. The summed E-state index contributed by atoms with van der Waals surface area (Å²) in [6.07, 6.45) is 0. The van der Waals surface area contributed by atoms with Crippen LogP contribution in [0.15, 0.2) is 26.7 Å². The Morgan fingerprint density at radius 2 is 1.38 bits per heavy atom. The highest BCUT2D eigenvalue weighted by atomic mass is 32.2. The molecule has 0 bridgehead atoms. The van der Waals surface area contributed by atoms with E-state index in [1.807, 2.05) is 22.7 Å². The number of hydrogen-bond acceptors (Lipinski definition) is 5. The van der Waals surface area contributed by atoms with E-state index in [4.69, 9.17) is 0 Å². The van der Waals surface area contributed by atoms with Crippen molar-refractivity contribution < 1.29 is 0 Å². The zero-order chi connectivity index (χ0) is 15.4. The van der Waals surface area contributed by atoms with Crippen molar-refractivity contribution in [3.63, 3.8) is 0 Å². The molecule has 3 heterocycles. The lowest BCUT2D eigenvalue weighted by atomic mass is 9.94. The minimum atomic E-state index is 0.157. The average molecular weight is 337 g/mol. The molecule has 0 atom stereocenters. The molecule has 0 spiro atoms. The molecule has 0 radical (unpaired) electrons. The highest BCUT2D eigenvalue weighted by Crippen LogP contribution is 2.52. The van der Waals surface area contributed by atoms with E-state index in [0.29, 0.717) is 0 Å². The standard InChI is InChI=1S/C16H20N2S3/c1-15(2,3)11-7-9-13(19-11)14-10(21-18-17-9)8-12(20-14)16(4,5)6/h7-8H,1-6H3. The maximum Gasteiger partial charge on any atom is 0.106 e. The number of fused-ring (bicyclic) bond motifs is 3. The van der Waals surface area contributed by atoms with Gasteiger partial charge in [0, 0.05) is 21.7 Å². The first kappa shape index (κ1) is 15.3. The Bertz CT molecular complexity index is 709. The minimum absolute atomic E-state index is 0.157. The molecule has 2 aromatic heterocycles. The first-order valence-corrected chi connectivity index (χ1v) is 9.44. The molecule has 0 N–H and O–H groups in total. The molecule has 112 valence electrons. The summed E-state index contributed by atoms with van der Waals surface area (Å²) < 4.78 is 4.30. The van der Waals surface area contributed by atoms with Crippen molar-refractivity contribution in [2.45, 2.75) is 57.3 Å². The van der Waals surface area contributed by atoms with E-state index in [2.05, 4.69) is 63.3 Å². The number of thiophene rings is 2. The smallest absolute Gasteiger partial charge is 0.106 e. The van der Waals surface area contributed by atoms with Gasteiger partial charge < -0.3 is 0 Å². The Hall–Kier alpha value is -0.650. The zero-order valence-corrected chi connectivity index (χ0v) is 15.7. The highest BCUT2D eigenvalue weighted by Gasteiger charge is 2.27. The number of nitrogens with zero attached hydrogens (tertiary/aromatic N) is 2. The van der Waals surface area contributed by atoms with Gasteiger partial charge in [-0.15, -0.1) is 32.3 Å². The maximum atomic E-state index is 4.40. The molecule has 0 aromatic carbocycles. The second-order valence-corrected chi connectivity index (χ2v) is 10.3. The molecule has 5 heteroatoms. The molecule has 1 aliphatic rings. The molecular weight excluding hydrogens is 316 g/mol. The minimum Gasteiger partial charge on any atom is -0.142 e.